The van der Waals surface area contributed by atoms with Gasteiger partial charge in [-0.05, 0) is 30.3 Å². The molecule has 3 aromatic carbocycles. The lowest BCUT2D eigenvalue weighted by atomic mass is 10.1. The molecule has 5 rings (SSSR count). The van der Waals surface area contributed by atoms with Crippen LogP contribution in [0, 0.1) is 0 Å². The first kappa shape index (κ1) is 21.5. The summed E-state index contributed by atoms with van der Waals surface area (Å²) < 4.78 is 1.81. The van der Waals surface area contributed by atoms with Gasteiger partial charge in [-0.25, -0.2) is 9.67 Å². The minimum Gasteiger partial charge on any atom is -0.218 e. The van der Waals surface area contributed by atoms with E-state index in [-0.39, 0.29) is 0 Å². The summed E-state index contributed by atoms with van der Waals surface area (Å²) in [6.45, 7) is 0. The standard InChI is InChI=1S/C24H13Cl4N3S/c25-17-8-6-15(10-19(17)27)21-12-23(16-7-9-18(26)20(28)11-16)31(30-21)24-29-22(13-32-24)14-4-2-1-3-5-14/h1-13H. The number of aromatic nitrogens is 3. The van der Waals surface area contributed by atoms with E-state index in [1.54, 1.807) is 18.2 Å². The van der Waals surface area contributed by atoms with Crippen LogP contribution in [-0.4, -0.2) is 14.8 Å². The van der Waals surface area contributed by atoms with Crippen LogP contribution in [0.5, 0.6) is 0 Å². The highest BCUT2D eigenvalue weighted by atomic mass is 35.5. The van der Waals surface area contributed by atoms with E-state index >= 15 is 0 Å². The molecule has 0 N–H and O–H groups in total. The van der Waals surface area contributed by atoms with Gasteiger partial charge in [0.15, 0.2) is 0 Å². The van der Waals surface area contributed by atoms with E-state index in [1.807, 2.05) is 64.7 Å². The van der Waals surface area contributed by atoms with Gasteiger partial charge in [-0.15, -0.1) is 11.3 Å². The molecule has 0 radical (unpaired) electrons. The molecule has 2 heterocycles. The van der Waals surface area contributed by atoms with E-state index in [4.69, 9.17) is 56.5 Å². The van der Waals surface area contributed by atoms with Gasteiger partial charge in [-0.1, -0.05) is 88.9 Å². The summed E-state index contributed by atoms with van der Waals surface area (Å²) in [5, 5.41) is 9.52. The van der Waals surface area contributed by atoms with Crippen LogP contribution >= 0.6 is 57.7 Å². The topological polar surface area (TPSA) is 30.7 Å². The zero-order valence-electron chi connectivity index (χ0n) is 16.3. The Morgan fingerprint density at radius 3 is 1.97 bits per heavy atom. The van der Waals surface area contributed by atoms with E-state index in [0.29, 0.717) is 20.1 Å². The summed E-state index contributed by atoms with van der Waals surface area (Å²) in [5.41, 5.74) is 5.22. The van der Waals surface area contributed by atoms with Crippen LogP contribution < -0.4 is 0 Å². The van der Waals surface area contributed by atoms with Crippen LogP contribution in [0.25, 0.3) is 38.9 Å². The highest BCUT2D eigenvalue weighted by Crippen LogP contribution is 2.35. The van der Waals surface area contributed by atoms with Crippen LogP contribution in [0.1, 0.15) is 0 Å². The molecule has 0 saturated carbocycles. The van der Waals surface area contributed by atoms with Crippen LogP contribution in [0.2, 0.25) is 20.1 Å². The monoisotopic (exact) mass is 515 g/mol. The molecule has 5 aromatic rings. The molecule has 0 aliphatic rings. The van der Waals surface area contributed by atoms with Crippen molar-refractivity contribution in [2.24, 2.45) is 0 Å². The highest BCUT2D eigenvalue weighted by Gasteiger charge is 2.17. The molecule has 0 unspecified atom stereocenters. The van der Waals surface area contributed by atoms with E-state index < -0.39 is 0 Å². The molecule has 3 nitrogen and oxygen atoms in total. The summed E-state index contributed by atoms with van der Waals surface area (Å²) in [5.74, 6) is 0. The normalized spacial score (nSPS) is 11.1. The molecule has 8 heteroatoms. The van der Waals surface area contributed by atoms with Gasteiger partial charge >= 0.3 is 0 Å². The maximum atomic E-state index is 6.30. The Bertz CT molecular complexity index is 1430. The molecule has 0 bridgehead atoms. The molecule has 0 amide bonds. The highest BCUT2D eigenvalue weighted by molar-refractivity contribution is 7.12. The number of benzene rings is 3. The number of hydrogen-bond donors (Lipinski definition) is 0. The van der Waals surface area contributed by atoms with Crippen molar-refractivity contribution >= 4 is 57.7 Å². The fraction of sp³-hybridized carbons (Fsp3) is 0. The van der Waals surface area contributed by atoms with Crippen LogP contribution in [0.15, 0.2) is 78.2 Å². The summed E-state index contributed by atoms with van der Waals surface area (Å²) in [4.78, 5) is 4.83. The molecule has 0 fully saturated rings. The third-order valence-electron chi connectivity index (χ3n) is 4.88. The van der Waals surface area contributed by atoms with Crippen LogP contribution in [0.3, 0.4) is 0 Å². The predicted octanol–water partition coefficient (Wildman–Crippen LogP) is 8.94. The fourth-order valence-electron chi connectivity index (χ4n) is 3.29. The molecule has 0 atom stereocenters. The van der Waals surface area contributed by atoms with Gasteiger partial charge in [0.2, 0.25) is 5.13 Å². The van der Waals surface area contributed by atoms with Crippen molar-refractivity contribution in [2.75, 3.05) is 0 Å². The van der Waals surface area contributed by atoms with Crippen LogP contribution in [0.4, 0.5) is 0 Å². The first-order valence-electron chi connectivity index (χ1n) is 9.52. The Morgan fingerprint density at radius 2 is 1.28 bits per heavy atom. The molecular formula is C24H13Cl4N3S. The lowest BCUT2D eigenvalue weighted by molar-refractivity contribution is 0.881. The molecular weight excluding hydrogens is 504 g/mol. The molecule has 2 aromatic heterocycles. The lowest BCUT2D eigenvalue weighted by Crippen LogP contribution is -1.99. The molecule has 32 heavy (non-hydrogen) atoms. The minimum atomic E-state index is 0.468. The molecule has 0 spiro atoms. The van der Waals surface area contributed by atoms with Gasteiger partial charge in [-0.3, -0.25) is 0 Å². The smallest absolute Gasteiger partial charge is 0.211 e. The summed E-state index contributed by atoms with van der Waals surface area (Å²) in [7, 11) is 0. The third-order valence-corrected chi connectivity index (χ3v) is 7.18. The van der Waals surface area contributed by atoms with E-state index in [2.05, 4.69) is 0 Å². The summed E-state index contributed by atoms with van der Waals surface area (Å²) >= 11 is 26.3. The summed E-state index contributed by atoms with van der Waals surface area (Å²) in [6.07, 6.45) is 0. The quantitative estimate of drug-likeness (QED) is 0.238. The van der Waals surface area contributed by atoms with Gasteiger partial charge < -0.3 is 0 Å². The van der Waals surface area contributed by atoms with Crippen molar-refractivity contribution in [3.05, 3.63) is 98.3 Å². The molecule has 0 aliphatic carbocycles. The molecule has 158 valence electrons. The average Bonchev–Trinajstić information content (AvgIpc) is 3.46. The van der Waals surface area contributed by atoms with E-state index in [1.165, 1.54) is 11.3 Å². The van der Waals surface area contributed by atoms with Gasteiger partial charge in [0.1, 0.15) is 0 Å². The number of thiazole rings is 1. The Labute approximate surface area is 208 Å². The Hall–Kier alpha value is -2.34. The third kappa shape index (κ3) is 4.17. The largest absolute Gasteiger partial charge is 0.218 e. The second-order valence-electron chi connectivity index (χ2n) is 6.97. The first-order valence-corrected chi connectivity index (χ1v) is 11.9. The van der Waals surface area contributed by atoms with Gasteiger partial charge in [-0.2, -0.15) is 5.10 Å². The van der Waals surface area contributed by atoms with Crippen molar-refractivity contribution in [1.82, 2.24) is 14.8 Å². The maximum Gasteiger partial charge on any atom is 0.211 e. The Morgan fingerprint density at radius 1 is 0.625 bits per heavy atom. The van der Waals surface area contributed by atoms with Crippen molar-refractivity contribution in [2.45, 2.75) is 0 Å². The number of rotatable bonds is 4. The van der Waals surface area contributed by atoms with Crippen LogP contribution in [-0.2, 0) is 0 Å². The van der Waals surface area contributed by atoms with Crippen molar-refractivity contribution in [3.63, 3.8) is 0 Å². The number of nitrogens with zero attached hydrogens (tertiary/aromatic N) is 3. The fourth-order valence-corrected chi connectivity index (χ4v) is 4.68. The Kier molecular flexibility index (Phi) is 5.97. The second-order valence-corrected chi connectivity index (χ2v) is 9.43. The van der Waals surface area contributed by atoms with Crippen molar-refractivity contribution in [1.29, 1.82) is 0 Å². The van der Waals surface area contributed by atoms with Crippen molar-refractivity contribution in [3.8, 4) is 38.9 Å². The average molecular weight is 517 g/mol. The SMILES string of the molecule is Clc1ccc(-c2cc(-c3ccc(Cl)c(Cl)c3)n(-c3nc(-c4ccccc4)cs3)n2)cc1Cl. The summed E-state index contributed by atoms with van der Waals surface area (Å²) in [6, 6.07) is 22.9. The second kappa shape index (κ2) is 8.89. The Balaban J connectivity index is 1.66. The minimum absolute atomic E-state index is 0.468. The van der Waals surface area contributed by atoms with Crippen molar-refractivity contribution < 1.29 is 0 Å². The molecule has 0 saturated heterocycles. The predicted molar refractivity (Wildman–Crippen MR) is 136 cm³/mol. The zero-order valence-corrected chi connectivity index (χ0v) is 20.1. The lowest BCUT2D eigenvalue weighted by Gasteiger charge is -2.05. The maximum absolute atomic E-state index is 6.30. The van der Waals surface area contributed by atoms with Gasteiger partial charge in [0.05, 0.1) is 37.2 Å². The number of hydrogen-bond acceptors (Lipinski definition) is 3. The van der Waals surface area contributed by atoms with Gasteiger partial charge in [0.25, 0.3) is 0 Å². The van der Waals surface area contributed by atoms with E-state index in [0.717, 1.165) is 38.9 Å². The van der Waals surface area contributed by atoms with Gasteiger partial charge in [0, 0.05) is 22.1 Å². The zero-order chi connectivity index (χ0) is 22.2. The number of halogens is 4. The molecule has 0 aliphatic heterocycles. The first-order chi connectivity index (χ1) is 15.5. The van der Waals surface area contributed by atoms with E-state index in [9.17, 15) is 0 Å².